The lowest BCUT2D eigenvalue weighted by Crippen LogP contribution is -2.44. The summed E-state index contributed by atoms with van der Waals surface area (Å²) in [6.07, 6.45) is 2.58. The van der Waals surface area contributed by atoms with E-state index in [0.717, 1.165) is 61.0 Å². The fraction of sp³-hybridized carbons (Fsp3) is 0.471. The number of hydrogen-bond acceptors (Lipinski definition) is 4. The Morgan fingerprint density at radius 1 is 0.955 bits per heavy atom. The van der Waals surface area contributed by atoms with Crippen molar-refractivity contribution in [2.75, 3.05) is 49.1 Å². The maximum Gasteiger partial charge on any atom is 0.148 e. The molecular weight excluding hydrogens is 296 g/mol. The SMILES string of the molecule is Clc1cc2cc(N3CCCC3)ccc2nc1N1CCNCC1. The third-order valence-electron chi connectivity index (χ3n) is 4.62. The first-order valence-electron chi connectivity index (χ1n) is 8.12. The van der Waals surface area contributed by atoms with Gasteiger partial charge in [0.15, 0.2) is 0 Å². The van der Waals surface area contributed by atoms with Gasteiger partial charge in [-0.25, -0.2) is 4.98 Å². The Labute approximate surface area is 136 Å². The minimum Gasteiger partial charge on any atom is -0.372 e. The van der Waals surface area contributed by atoms with E-state index in [1.54, 1.807) is 0 Å². The molecule has 3 heterocycles. The number of piperazine rings is 1. The second-order valence-corrected chi connectivity index (χ2v) is 6.51. The summed E-state index contributed by atoms with van der Waals surface area (Å²) in [5.74, 6) is 0.921. The average molecular weight is 317 g/mol. The first-order valence-corrected chi connectivity index (χ1v) is 8.50. The van der Waals surface area contributed by atoms with Gasteiger partial charge >= 0.3 is 0 Å². The van der Waals surface area contributed by atoms with Crippen LogP contribution in [0.1, 0.15) is 12.8 Å². The van der Waals surface area contributed by atoms with Crippen LogP contribution in [0.25, 0.3) is 10.9 Å². The molecule has 2 saturated heterocycles. The summed E-state index contributed by atoms with van der Waals surface area (Å²) in [6, 6.07) is 8.61. The quantitative estimate of drug-likeness (QED) is 0.923. The van der Waals surface area contributed by atoms with E-state index >= 15 is 0 Å². The number of benzene rings is 1. The van der Waals surface area contributed by atoms with E-state index in [-0.39, 0.29) is 0 Å². The van der Waals surface area contributed by atoms with Crippen molar-refractivity contribution in [1.82, 2.24) is 10.3 Å². The van der Waals surface area contributed by atoms with Crippen molar-refractivity contribution in [3.05, 3.63) is 29.3 Å². The minimum atomic E-state index is 0.757. The Balaban J connectivity index is 1.70. The van der Waals surface area contributed by atoms with Crippen LogP contribution in [0.15, 0.2) is 24.3 Å². The van der Waals surface area contributed by atoms with Gasteiger partial charge in [-0.1, -0.05) is 11.6 Å². The molecule has 2 aromatic rings. The van der Waals surface area contributed by atoms with E-state index in [4.69, 9.17) is 16.6 Å². The lowest BCUT2D eigenvalue weighted by molar-refractivity contribution is 0.585. The fourth-order valence-corrected chi connectivity index (χ4v) is 3.68. The number of pyridine rings is 1. The third-order valence-corrected chi connectivity index (χ3v) is 4.90. The summed E-state index contributed by atoms with van der Waals surface area (Å²) in [5, 5.41) is 5.25. The molecule has 0 bridgehead atoms. The standard InChI is InChI=1S/C17H21ClN4/c18-15-12-13-11-14(21-7-1-2-8-21)3-4-16(13)20-17(15)22-9-5-19-6-10-22/h3-4,11-12,19H,1-2,5-10H2. The van der Waals surface area contributed by atoms with E-state index in [9.17, 15) is 0 Å². The maximum atomic E-state index is 6.51. The van der Waals surface area contributed by atoms with Gasteiger partial charge in [0, 0.05) is 50.3 Å². The molecule has 2 aliphatic rings. The molecule has 4 rings (SSSR count). The van der Waals surface area contributed by atoms with Crippen LogP contribution in [-0.4, -0.2) is 44.3 Å². The number of aromatic nitrogens is 1. The van der Waals surface area contributed by atoms with Crippen LogP contribution in [0.2, 0.25) is 5.02 Å². The van der Waals surface area contributed by atoms with Crippen molar-refractivity contribution in [3.8, 4) is 0 Å². The van der Waals surface area contributed by atoms with Gasteiger partial charge in [-0.15, -0.1) is 0 Å². The van der Waals surface area contributed by atoms with Crippen molar-refractivity contribution in [1.29, 1.82) is 0 Å². The molecule has 0 atom stereocenters. The second kappa shape index (κ2) is 5.94. The average Bonchev–Trinajstić information content (AvgIpc) is 3.09. The molecule has 0 saturated carbocycles. The topological polar surface area (TPSA) is 31.4 Å². The zero-order valence-electron chi connectivity index (χ0n) is 12.7. The minimum absolute atomic E-state index is 0.757. The Kier molecular flexibility index (Phi) is 3.80. The molecule has 2 aliphatic heterocycles. The summed E-state index contributed by atoms with van der Waals surface area (Å²) in [6.45, 7) is 6.22. The number of nitrogens with one attached hydrogen (secondary N) is 1. The zero-order chi connectivity index (χ0) is 14.9. The largest absolute Gasteiger partial charge is 0.372 e. The molecule has 0 unspecified atom stereocenters. The van der Waals surface area contributed by atoms with Gasteiger partial charge in [-0.2, -0.15) is 0 Å². The molecule has 4 nitrogen and oxygen atoms in total. The molecule has 1 aromatic carbocycles. The van der Waals surface area contributed by atoms with Crippen LogP contribution in [0.4, 0.5) is 11.5 Å². The molecule has 1 N–H and O–H groups in total. The summed E-state index contributed by atoms with van der Waals surface area (Å²) in [7, 11) is 0. The van der Waals surface area contributed by atoms with Crippen LogP contribution in [0.5, 0.6) is 0 Å². The monoisotopic (exact) mass is 316 g/mol. The van der Waals surface area contributed by atoms with Crippen molar-refractivity contribution in [2.45, 2.75) is 12.8 Å². The molecule has 1 aromatic heterocycles. The molecule has 2 fully saturated rings. The Hall–Kier alpha value is -1.52. The predicted molar refractivity (Wildman–Crippen MR) is 93.3 cm³/mol. The highest BCUT2D eigenvalue weighted by Gasteiger charge is 2.17. The second-order valence-electron chi connectivity index (χ2n) is 6.10. The number of nitrogens with zero attached hydrogens (tertiary/aromatic N) is 3. The van der Waals surface area contributed by atoms with Gasteiger partial charge in [-0.05, 0) is 37.1 Å². The Morgan fingerprint density at radius 3 is 2.50 bits per heavy atom. The van der Waals surface area contributed by atoms with E-state index in [2.05, 4.69) is 39.4 Å². The number of anilines is 2. The number of halogens is 1. The molecule has 116 valence electrons. The van der Waals surface area contributed by atoms with Gasteiger partial charge in [0.05, 0.1) is 10.5 Å². The van der Waals surface area contributed by atoms with Gasteiger partial charge in [0.25, 0.3) is 0 Å². The van der Waals surface area contributed by atoms with Crippen LogP contribution < -0.4 is 15.1 Å². The number of fused-ring (bicyclic) bond motifs is 1. The van der Waals surface area contributed by atoms with Crippen molar-refractivity contribution in [3.63, 3.8) is 0 Å². The molecule has 0 spiro atoms. The van der Waals surface area contributed by atoms with Crippen molar-refractivity contribution < 1.29 is 0 Å². The molecule has 0 aliphatic carbocycles. The Bertz CT molecular complexity index is 676. The van der Waals surface area contributed by atoms with Crippen molar-refractivity contribution >= 4 is 34.0 Å². The number of hydrogen-bond donors (Lipinski definition) is 1. The molecule has 22 heavy (non-hydrogen) atoms. The third kappa shape index (κ3) is 2.61. The molecule has 5 heteroatoms. The predicted octanol–water partition coefficient (Wildman–Crippen LogP) is 2.90. The van der Waals surface area contributed by atoms with Crippen LogP contribution >= 0.6 is 11.6 Å². The summed E-state index contributed by atoms with van der Waals surface area (Å²) in [4.78, 5) is 9.53. The van der Waals surface area contributed by atoms with Crippen LogP contribution in [0.3, 0.4) is 0 Å². The van der Waals surface area contributed by atoms with E-state index in [0.29, 0.717) is 0 Å². The highest BCUT2D eigenvalue weighted by Crippen LogP contribution is 2.31. The van der Waals surface area contributed by atoms with E-state index in [1.165, 1.54) is 18.5 Å². The van der Waals surface area contributed by atoms with Crippen molar-refractivity contribution in [2.24, 2.45) is 0 Å². The van der Waals surface area contributed by atoms with Gasteiger partial charge < -0.3 is 15.1 Å². The van der Waals surface area contributed by atoms with Gasteiger partial charge in [0.1, 0.15) is 5.82 Å². The highest BCUT2D eigenvalue weighted by molar-refractivity contribution is 6.33. The fourth-order valence-electron chi connectivity index (χ4n) is 3.40. The molecule has 0 amide bonds. The summed E-state index contributed by atoms with van der Waals surface area (Å²) < 4.78 is 0. The molecule has 0 radical (unpaired) electrons. The first kappa shape index (κ1) is 14.1. The smallest absolute Gasteiger partial charge is 0.148 e. The summed E-state index contributed by atoms with van der Waals surface area (Å²) >= 11 is 6.51. The lowest BCUT2D eigenvalue weighted by atomic mass is 10.2. The first-order chi connectivity index (χ1) is 10.8. The van der Waals surface area contributed by atoms with E-state index in [1.807, 2.05) is 0 Å². The zero-order valence-corrected chi connectivity index (χ0v) is 13.4. The van der Waals surface area contributed by atoms with Crippen LogP contribution in [-0.2, 0) is 0 Å². The van der Waals surface area contributed by atoms with Crippen LogP contribution in [0, 0.1) is 0 Å². The van der Waals surface area contributed by atoms with E-state index < -0.39 is 0 Å². The Morgan fingerprint density at radius 2 is 1.73 bits per heavy atom. The number of rotatable bonds is 2. The maximum absolute atomic E-state index is 6.51. The van der Waals surface area contributed by atoms with Gasteiger partial charge in [0.2, 0.25) is 0 Å². The molecular formula is C17H21ClN4. The lowest BCUT2D eigenvalue weighted by Gasteiger charge is -2.29. The highest BCUT2D eigenvalue weighted by atomic mass is 35.5. The summed E-state index contributed by atoms with van der Waals surface area (Å²) in [5.41, 5.74) is 2.32. The normalized spacial score (nSPS) is 19.1. The van der Waals surface area contributed by atoms with Gasteiger partial charge in [-0.3, -0.25) is 0 Å².